The minimum atomic E-state index is -1.33. The van der Waals surface area contributed by atoms with E-state index in [0.29, 0.717) is 0 Å². The van der Waals surface area contributed by atoms with Crippen molar-refractivity contribution < 1.29 is 0 Å². The van der Waals surface area contributed by atoms with E-state index in [0.717, 1.165) is 11.1 Å². The fraction of sp³-hybridized carbons (Fsp3) is 1.00. The van der Waals surface area contributed by atoms with Crippen molar-refractivity contribution in [3.63, 3.8) is 0 Å². The molecule has 0 N–H and O–H groups in total. The van der Waals surface area contributed by atoms with Gasteiger partial charge in [0.25, 0.3) is 0 Å². The fourth-order valence-electron chi connectivity index (χ4n) is 10.2. The lowest BCUT2D eigenvalue weighted by atomic mass is 10.6. The molecule has 219 valence electrons. The van der Waals surface area contributed by atoms with Crippen molar-refractivity contribution in [2.24, 2.45) is 0 Å². The van der Waals surface area contributed by atoms with Crippen molar-refractivity contribution in [2.75, 3.05) is 0 Å². The molecular formula is C27H71Si10. The van der Waals surface area contributed by atoms with E-state index in [9.17, 15) is 0 Å². The lowest BCUT2D eigenvalue weighted by molar-refractivity contribution is 1.03. The van der Waals surface area contributed by atoms with Gasteiger partial charge in [0.05, 0.1) is 15.4 Å². The SMILES string of the molecule is CC(C)[Si](C([Si](C)(C)C)[Si](C)(C)C)[Si]1=[Si](C([Si](C)(C)C)[Si](C)(C)C)[Si@@]1(C(C)C)C([Si](C)(C)C)[Si](C)(C)C. The molecule has 1 rings (SSSR count). The summed E-state index contributed by atoms with van der Waals surface area (Å²) in [6.45, 7) is 61.9. The third-order valence-electron chi connectivity index (χ3n) is 9.14. The minimum Gasteiger partial charge on any atom is -0.0698 e. The van der Waals surface area contributed by atoms with Crippen LogP contribution in [0.1, 0.15) is 27.7 Å². The molecule has 1 atom stereocenters. The number of hydrogen-bond donors (Lipinski definition) is 0. The Kier molecular flexibility index (Phi) is 11.4. The minimum absolute atomic E-state index is 0.198. The first kappa shape index (κ1) is 37.2. The summed E-state index contributed by atoms with van der Waals surface area (Å²) >= 11 is 0. The average molecular weight is 677 g/mol. The standard InChI is InChI=1S/C27H71Si10/c1-23(2)28(25(31(5,6)7)32(8,9)10)30-29(26(33(11,12)13)34(14,15)16)37(30,24(3)4)27(35(17,18)19)36(20,21)22/h23-27H,1-22H3/t37-/m1/s1. The van der Waals surface area contributed by atoms with Gasteiger partial charge >= 0.3 is 0 Å². The normalized spacial score (nSPS) is 21.1. The van der Waals surface area contributed by atoms with Gasteiger partial charge in [-0.3, -0.25) is 0 Å². The van der Waals surface area contributed by atoms with Crippen LogP contribution in [0.3, 0.4) is 0 Å². The summed E-state index contributed by atoms with van der Waals surface area (Å²) < 4.78 is 0. The maximum atomic E-state index is 2.85. The van der Waals surface area contributed by atoms with Crippen LogP contribution in [0.5, 0.6) is 0 Å². The molecule has 0 aromatic rings. The molecule has 1 aliphatic rings. The van der Waals surface area contributed by atoms with Gasteiger partial charge in [-0.1, -0.05) is 166 Å². The van der Waals surface area contributed by atoms with Gasteiger partial charge in [-0.05, 0) is 19.1 Å². The second kappa shape index (κ2) is 11.3. The van der Waals surface area contributed by atoms with Crippen molar-refractivity contribution >= 4 is 78.2 Å². The zero-order valence-corrected chi connectivity index (χ0v) is 39.9. The largest absolute Gasteiger partial charge is 0.0698 e. The zero-order chi connectivity index (χ0) is 30.1. The summed E-state index contributed by atoms with van der Waals surface area (Å²) in [5, 5.41) is 0. The van der Waals surface area contributed by atoms with Crippen LogP contribution in [-0.2, 0) is 0 Å². The first-order chi connectivity index (χ1) is 15.9. The number of rotatable bonds is 12. The van der Waals surface area contributed by atoms with Crippen molar-refractivity contribution in [1.29, 1.82) is 0 Å². The Morgan fingerprint density at radius 2 is 0.811 bits per heavy atom. The summed E-state index contributed by atoms with van der Waals surface area (Å²) in [5.41, 5.74) is 2.06. The van der Waals surface area contributed by atoms with Crippen LogP contribution >= 0.6 is 0 Å². The molecule has 0 saturated carbocycles. The highest BCUT2D eigenvalue weighted by Gasteiger charge is 2.72. The quantitative estimate of drug-likeness (QED) is 0.181. The second-order valence-electron chi connectivity index (χ2n) is 19.9. The van der Waals surface area contributed by atoms with Crippen LogP contribution in [0.15, 0.2) is 0 Å². The van der Waals surface area contributed by atoms with Gasteiger partial charge in [-0.2, -0.15) is 0 Å². The van der Waals surface area contributed by atoms with Crippen LogP contribution < -0.4 is 0 Å². The van der Waals surface area contributed by atoms with Gasteiger partial charge in [0.1, 0.15) is 0 Å². The molecule has 0 aromatic carbocycles. The van der Waals surface area contributed by atoms with Crippen molar-refractivity contribution in [2.45, 2.75) is 171 Å². The summed E-state index contributed by atoms with van der Waals surface area (Å²) in [5.74, 6) is 0. The van der Waals surface area contributed by atoms with E-state index in [4.69, 9.17) is 0 Å². The maximum absolute atomic E-state index is 2.85. The average Bonchev–Trinajstić information content (AvgIpc) is 3.12. The Hall–Kier alpha value is 2.17. The molecule has 0 bridgehead atoms. The Morgan fingerprint density at radius 1 is 0.486 bits per heavy atom. The number of hydrogen-bond acceptors (Lipinski definition) is 0. The Labute approximate surface area is 247 Å². The van der Waals surface area contributed by atoms with E-state index in [1.54, 1.807) is 0 Å². The molecule has 10 heteroatoms. The highest BCUT2D eigenvalue weighted by atomic mass is 30.1. The second-order valence-corrected chi connectivity index (χ2v) is 87.2. The summed E-state index contributed by atoms with van der Waals surface area (Å²) in [6, 6.07) is 0. The van der Waals surface area contributed by atoms with E-state index in [1.807, 2.05) is 0 Å². The molecule has 1 aliphatic heterocycles. The molecule has 0 nitrogen and oxygen atoms in total. The van der Waals surface area contributed by atoms with E-state index >= 15 is 0 Å². The van der Waals surface area contributed by atoms with Gasteiger partial charge in [-0.15, -0.1) is 0 Å². The Bertz CT molecular complexity index is 793. The summed E-state index contributed by atoms with van der Waals surface area (Å²) in [7, 11) is -9.35. The van der Waals surface area contributed by atoms with Crippen LogP contribution in [0.2, 0.25) is 143 Å². The molecular weight excluding hydrogens is 605 g/mol. The van der Waals surface area contributed by atoms with Gasteiger partial charge in [0.2, 0.25) is 0 Å². The van der Waals surface area contributed by atoms with Crippen LogP contribution in [-0.4, -0.2) is 78.2 Å². The van der Waals surface area contributed by atoms with E-state index in [-0.39, 0.29) is 22.6 Å². The third kappa shape index (κ3) is 7.77. The predicted octanol–water partition coefficient (Wildman–Crippen LogP) is 10.4. The zero-order valence-electron chi connectivity index (χ0n) is 29.9. The van der Waals surface area contributed by atoms with Crippen molar-refractivity contribution in [1.82, 2.24) is 0 Å². The van der Waals surface area contributed by atoms with E-state index < -0.39 is 55.6 Å². The van der Waals surface area contributed by atoms with Gasteiger partial charge in [-0.25, -0.2) is 0 Å². The highest BCUT2D eigenvalue weighted by Crippen LogP contribution is 2.58. The first-order valence-corrected chi connectivity index (χ1v) is 47.8. The molecule has 1 radical (unpaired) electrons. The monoisotopic (exact) mass is 675 g/mol. The third-order valence-corrected chi connectivity index (χ3v) is 119. The van der Waals surface area contributed by atoms with Gasteiger partial charge < -0.3 is 0 Å². The first-order valence-electron chi connectivity index (χ1n) is 15.5. The maximum Gasteiger partial charge on any atom is 0.0617 e. The van der Waals surface area contributed by atoms with Gasteiger partial charge in [0.15, 0.2) is 0 Å². The van der Waals surface area contributed by atoms with Crippen LogP contribution in [0.4, 0.5) is 0 Å². The molecule has 0 aromatic heterocycles. The molecule has 0 unspecified atom stereocenters. The van der Waals surface area contributed by atoms with E-state index in [1.165, 1.54) is 14.4 Å². The molecule has 1 heterocycles. The van der Waals surface area contributed by atoms with Crippen molar-refractivity contribution in [3.8, 4) is 0 Å². The lowest BCUT2D eigenvalue weighted by Crippen LogP contribution is -2.65. The summed E-state index contributed by atoms with van der Waals surface area (Å²) in [4.78, 5) is 3.72. The molecule has 0 fully saturated rings. The lowest BCUT2D eigenvalue weighted by Gasteiger charge is -2.52. The van der Waals surface area contributed by atoms with Crippen LogP contribution in [0.25, 0.3) is 0 Å². The topological polar surface area (TPSA) is 0 Å². The Balaban J connectivity index is 4.41. The van der Waals surface area contributed by atoms with Crippen LogP contribution in [0, 0.1) is 0 Å². The smallest absolute Gasteiger partial charge is 0.0617 e. The van der Waals surface area contributed by atoms with Crippen molar-refractivity contribution in [3.05, 3.63) is 0 Å². The predicted molar refractivity (Wildman–Crippen MR) is 205 cm³/mol. The highest BCUT2D eigenvalue weighted by molar-refractivity contribution is 8.00. The summed E-state index contributed by atoms with van der Waals surface area (Å²) in [6.07, 6.45) is 0. The van der Waals surface area contributed by atoms with E-state index in [2.05, 4.69) is 146 Å². The fourth-order valence-corrected chi connectivity index (χ4v) is 229. The molecule has 0 spiro atoms. The Morgan fingerprint density at radius 3 is 1.00 bits per heavy atom. The molecule has 0 saturated heterocycles. The molecule has 0 amide bonds. The molecule has 37 heavy (non-hydrogen) atoms. The molecule has 0 aliphatic carbocycles. The van der Waals surface area contributed by atoms with Gasteiger partial charge in [0, 0.05) is 48.4 Å².